The number of hydrogen-bond donors (Lipinski definition) is 5. The molecule has 0 heterocycles. The lowest BCUT2D eigenvalue weighted by molar-refractivity contribution is -0.115. The van der Waals surface area contributed by atoms with Gasteiger partial charge in [0.2, 0.25) is 5.91 Å². The highest BCUT2D eigenvalue weighted by Gasteiger charge is 2.03. The monoisotopic (exact) mass is 330 g/mol. The first-order chi connectivity index (χ1) is 11.4. The molecule has 0 atom stereocenters. The molecular formula is C17H26N6O. The summed E-state index contributed by atoms with van der Waals surface area (Å²) in [6.45, 7) is 2.49. The van der Waals surface area contributed by atoms with Crippen molar-refractivity contribution in [2.24, 2.45) is 0 Å². The third kappa shape index (κ3) is 7.44. The van der Waals surface area contributed by atoms with Crippen LogP contribution in [-0.4, -0.2) is 36.8 Å². The van der Waals surface area contributed by atoms with Crippen molar-refractivity contribution in [2.75, 3.05) is 19.4 Å². The van der Waals surface area contributed by atoms with Gasteiger partial charge < -0.3 is 15.5 Å². The molecule has 7 heteroatoms. The van der Waals surface area contributed by atoms with E-state index in [1.807, 2.05) is 43.3 Å². The second-order valence-corrected chi connectivity index (χ2v) is 5.43. The van der Waals surface area contributed by atoms with E-state index >= 15 is 0 Å². The molecule has 130 valence electrons. The van der Waals surface area contributed by atoms with Crippen molar-refractivity contribution in [1.29, 1.82) is 10.8 Å². The van der Waals surface area contributed by atoms with Crippen LogP contribution in [0, 0.1) is 10.8 Å². The highest BCUT2D eigenvalue weighted by molar-refractivity contribution is 5.95. The largest absolute Gasteiger partial charge is 0.352 e. The van der Waals surface area contributed by atoms with E-state index in [1.165, 1.54) is 0 Å². The Bertz CT molecular complexity index is 592. The van der Waals surface area contributed by atoms with E-state index in [0.717, 1.165) is 17.7 Å². The third-order valence-electron chi connectivity index (χ3n) is 3.10. The number of carbonyl (C=O) groups is 1. The molecule has 0 fully saturated rings. The molecule has 0 aliphatic heterocycles. The van der Waals surface area contributed by atoms with Gasteiger partial charge in [-0.05, 0) is 24.1 Å². The standard InChI is InChI=1S/C17H26N6O/c1-4-5-6-7-15(24)21-14-10-8-13(9-11-14)12-20-16(18)22-17(19)23(2)3/h5-6,8-11H,4,7,12H2,1-3H3,(H,21,24)(H4,18,19,20,22)/b6-5-. The summed E-state index contributed by atoms with van der Waals surface area (Å²) in [4.78, 5) is 13.3. The number of rotatable bonds is 6. The summed E-state index contributed by atoms with van der Waals surface area (Å²) in [5.74, 6) is 0.162. The average Bonchev–Trinajstić information content (AvgIpc) is 2.54. The Kier molecular flexibility index (Phi) is 8.04. The van der Waals surface area contributed by atoms with Crippen LogP contribution in [0.15, 0.2) is 36.4 Å². The summed E-state index contributed by atoms with van der Waals surface area (Å²) in [6.07, 6.45) is 5.12. The van der Waals surface area contributed by atoms with Gasteiger partial charge in [-0.1, -0.05) is 31.2 Å². The molecule has 0 saturated carbocycles. The predicted octanol–water partition coefficient (Wildman–Crippen LogP) is 2.09. The topological polar surface area (TPSA) is 104 Å². The zero-order chi connectivity index (χ0) is 17.9. The van der Waals surface area contributed by atoms with E-state index in [4.69, 9.17) is 10.8 Å². The van der Waals surface area contributed by atoms with Crippen molar-refractivity contribution >= 4 is 23.5 Å². The van der Waals surface area contributed by atoms with Crippen LogP contribution in [0.2, 0.25) is 0 Å². The fraction of sp³-hybridized carbons (Fsp3) is 0.353. The van der Waals surface area contributed by atoms with Crippen molar-refractivity contribution in [2.45, 2.75) is 26.3 Å². The SMILES string of the molecule is CC/C=C\CC(=O)Nc1ccc(CNC(=N)NC(=N)N(C)C)cc1. The van der Waals surface area contributed by atoms with Crippen LogP contribution in [0.1, 0.15) is 25.3 Å². The molecule has 1 aromatic rings. The Balaban J connectivity index is 2.42. The van der Waals surface area contributed by atoms with Crippen molar-refractivity contribution in [1.82, 2.24) is 15.5 Å². The zero-order valence-corrected chi connectivity index (χ0v) is 14.4. The number of guanidine groups is 2. The Labute approximate surface area is 143 Å². The number of allylic oxidation sites excluding steroid dienone is 1. The first-order valence-corrected chi connectivity index (χ1v) is 7.81. The minimum atomic E-state index is -0.0428. The Hall–Kier alpha value is -2.83. The van der Waals surface area contributed by atoms with Crippen molar-refractivity contribution in [3.05, 3.63) is 42.0 Å². The molecule has 24 heavy (non-hydrogen) atoms. The van der Waals surface area contributed by atoms with Crippen molar-refractivity contribution < 1.29 is 4.79 Å². The first-order valence-electron chi connectivity index (χ1n) is 7.81. The molecule has 0 aliphatic rings. The molecule has 0 spiro atoms. The van der Waals surface area contributed by atoms with E-state index in [0.29, 0.717) is 13.0 Å². The van der Waals surface area contributed by atoms with Gasteiger partial charge in [0, 0.05) is 32.7 Å². The molecule has 5 N–H and O–H groups in total. The van der Waals surface area contributed by atoms with Gasteiger partial charge in [-0.2, -0.15) is 0 Å². The lowest BCUT2D eigenvalue weighted by atomic mass is 10.2. The maximum atomic E-state index is 11.7. The minimum Gasteiger partial charge on any atom is -0.352 e. The van der Waals surface area contributed by atoms with Gasteiger partial charge in [0.15, 0.2) is 11.9 Å². The fourth-order valence-corrected chi connectivity index (χ4v) is 1.74. The smallest absolute Gasteiger partial charge is 0.228 e. The average molecular weight is 330 g/mol. The number of carbonyl (C=O) groups excluding carboxylic acids is 1. The summed E-state index contributed by atoms with van der Waals surface area (Å²) in [5, 5.41) is 23.7. The predicted molar refractivity (Wildman–Crippen MR) is 98.2 cm³/mol. The second kappa shape index (κ2) is 10.0. The molecule has 0 radical (unpaired) electrons. The summed E-state index contributed by atoms with van der Waals surface area (Å²) in [5.41, 5.74) is 1.72. The first kappa shape index (κ1) is 19.2. The Morgan fingerprint density at radius 3 is 2.42 bits per heavy atom. The molecule has 7 nitrogen and oxygen atoms in total. The quantitative estimate of drug-likeness (QED) is 0.313. The fourth-order valence-electron chi connectivity index (χ4n) is 1.74. The van der Waals surface area contributed by atoms with Crippen LogP contribution in [0.3, 0.4) is 0 Å². The summed E-state index contributed by atoms with van der Waals surface area (Å²) in [7, 11) is 3.46. The van der Waals surface area contributed by atoms with Crippen molar-refractivity contribution in [3.63, 3.8) is 0 Å². The van der Waals surface area contributed by atoms with Gasteiger partial charge in [0.1, 0.15) is 0 Å². The number of amides is 1. The van der Waals surface area contributed by atoms with Crippen LogP contribution >= 0.6 is 0 Å². The highest BCUT2D eigenvalue weighted by atomic mass is 16.1. The number of benzene rings is 1. The van der Waals surface area contributed by atoms with Gasteiger partial charge in [-0.3, -0.25) is 20.9 Å². The maximum absolute atomic E-state index is 11.7. The van der Waals surface area contributed by atoms with E-state index in [-0.39, 0.29) is 17.8 Å². The summed E-state index contributed by atoms with van der Waals surface area (Å²) >= 11 is 0. The van der Waals surface area contributed by atoms with E-state index in [1.54, 1.807) is 19.0 Å². The Morgan fingerprint density at radius 1 is 1.17 bits per heavy atom. The second-order valence-electron chi connectivity index (χ2n) is 5.43. The highest BCUT2D eigenvalue weighted by Crippen LogP contribution is 2.10. The van der Waals surface area contributed by atoms with E-state index < -0.39 is 0 Å². The van der Waals surface area contributed by atoms with Gasteiger partial charge in [-0.15, -0.1) is 0 Å². The lowest BCUT2D eigenvalue weighted by Gasteiger charge is -2.16. The van der Waals surface area contributed by atoms with Gasteiger partial charge in [0.05, 0.1) is 0 Å². The van der Waals surface area contributed by atoms with Crippen LogP contribution in [0.5, 0.6) is 0 Å². The summed E-state index contributed by atoms with van der Waals surface area (Å²) in [6, 6.07) is 7.43. The van der Waals surface area contributed by atoms with Gasteiger partial charge in [0.25, 0.3) is 0 Å². The van der Waals surface area contributed by atoms with Crippen LogP contribution in [-0.2, 0) is 11.3 Å². The molecule has 0 unspecified atom stereocenters. The van der Waals surface area contributed by atoms with Gasteiger partial charge in [-0.25, -0.2) is 0 Å². The molecule has 0 saturated heterocycles. The molecule has 0 bridgehead atoms. The number of nitrogens with zero attached hydrogens (tertiary/aromatic N) is 1. The summed E-state index contributed by atoms with van der Waals surface area (Å²) < 4.78 is 0. The van der Waals surface area contributed by atoms with Crippen LogP contribution < -0.4 is 16.0 Å². The van der Waals surface area contributed by atoms with Gasteiger partial charge >= 0.3 is 0 Å². The lowest BCUT2D eigenvalue weighted by Crippen LogP contribution is -2.45. The molecule has 0 aliphatic carbocycles. The van der Waals surface area contributed by atoms with E-state index in [2.05, 4.69) is 16.0 Å². The van der Waals surface area contributed by atoms with Crippen molar-refractivity contribution in [3.8, 4) is 0 Å². The third-order valence-corrected chi connectivity index (χ3v) is 3.10. The molecular weight excluding hydrogens is 304 g/mol. The molecule has 0 aromatic heterocycles. The minimum absolute atomic E-state index is 0.0428. The number of hydrogen-bond acceptors (Lipinski definition) is 3. The maximum Gasteiger partial charge on any atom is 0.228 e. The van der Waals surface area contributed by atoms with E-state index in [9.17, 15) is 4.79 Å². The number of nitrogens with one attached hydrogen (secondary N) is 5. The Morgan fingerprint density at radius 2 is 1.83 bits per heavy atom. The molecule has 1 rings (SSSR count). The zero-order valence-electron chi connectivity index (χ0n) is 14.4. The van der Waals surface area contributed by atoms with Crippen LogP contribution in [0.4, 0.5) is 5.69 Å². The molecule has 1 amide bonds. The number of anilines is 1. The normalized spacial score (nSPS) is 10.3. The molecule has 1 aromatic carbocycles. The van der Waals surface area contributed by atoms with Crippen LogP contribution in [0.25, 0.3) is 0 Å².